The molecule has 0 aromatic rings. The molecule has 0 saturated heterocycles. The minimum atomic E-state index is 0.673. The first-order valence-electron chi connectivity index (χ1n) is 4.96. The van der Waals surface area contributed by atoms with Crippen LogP contribution in [0.1, 0.15) is 13.8 Å². The van der Waals surface area contributed by atoms with E-state index >= 15 is 0 Å². The molecule has 0 amide bonds. The third-order valence-electron chi connectivity index (χ3n) is 2.17. The van der Waals surface area contributed by atoms with Gasteiger partial charge in [0.15, 0.2) is 0 Å². The molecule has 0 spiro atoms. The first kappa shape index (κ1) is 13.0. The highest BCUT2D eigenvalue weighted by Crippen LogP contribution is 2.05. The summed E-state index contributed by atoms with van der Waals surface area (Å²) in [6, 6.07) is 0. The number of rotatable bonds is 7. The molecule has 0 atom stereocenters. The summed E-state index contributed by atoms with van der Waals surface area (Å²) in [6.07, 6.45) is 3.77. The van der Waals surface area contributed by atoms with Gasteiger partial charge in [0.25, 0.3) is 0 Å². The molecule has 80 valence electrons. The Kier molecular flexibility index (Phi) is 6.85. The predicted molar refractivity (Wildman–Crippen MR) is 62.2 cm³/mol. The second kappa shape index (κ2) is 7.39. The van der Waals surface area contributed by atoms with Crippen molar-refractivity contribution in [3.05, 3.63) is 36.6 Å². The Bertz CT molecular complexity index is 214. The quantitative estimate of drug-likeness (QED) is 0.457. The lowest BCUT2D eigenvalue weighted by atomic mass is 10.2. The van der Waals surface area contributed by atoms with Crippen molar-refractivity contribution in [2.75, 3.05) is 26.7 Å². The van der Waals surface area contributed by atoms with Gasteiger partial charge in [0.05, 0.1) is 7.11 Å². The maximum atomic E-state index is 4.99. The fourth-order valence-electron chi connectivity index (χ4n) is 1.14. The van der Waals surface area contributed by atoms with Gasteiger partial charge in [0.2, 0.25) is 0 Å². The van der Waals surface area contributed by atoms with Gasteiger partial charge in [-0.1, -0.05) is 33.1 Å². The van der Waals surface area contributed by atoms with Gasteiger partial charge in [-0.25, -0.2) is 0 Å². The zero-order valence-corrected chi connectivity index (χ0v) is 9.55. The van der Waals surface area contributed by atoms with Crippen LogP contribution in [0.2, 0.25) is 0 Å². The van der Waals surface area contributed by atoms with Crippen LogP contribution in [0.3, 0.4) is 0 Å². The summed E-state index contributed by atoms with van der Waals surface area (Å²) in [4.78, 5) is 2.32. The number of hydrogen-bond donors (Lipinski definition) is 0. The molecule has 0 unspecified atom stereocenters. The molecule has 0 N–H and O–H groups in total. The van der Waals surface area contributed by atoms with Crippen LogP contribution in [-0.4, -0.2) is 31.6 Å². The van der Waals surface area contributed by atoms with Gasteiger partial charge >= 0.3 is 0 Å². The third kappa shape index (κ3) is 4.87. The average molecular weight is 195 g/mol. The summed E-state index contributed by atoms with van der Waals surface area (Å²) in [7, 11) is 1.62. The van der Waals surface area contributed by atoms with Crippen LogP contribution in [0.5, 0.6) is 0 Å². The van der Waals surface area contributed by atoms with Crippen molar-refractivity contribution in [1.82, 2.24) is 4.90 Å². The smallest absolute Gasteiger partial charge is 0.112 e. The number of ether oxygens (including phenoxy) is 1. The number of allylic oxidation sites excluding steroid dienone is 1. The van der Waals surface area contributed by atoms with Crippen LogP contribution in [0.15, 0.2) is 36.6 Å². The Morgan fingerprint density at radius 2 is 1.93 bits per heavy atom. The van der Waals surface area contributed by atoms with E-state index in [0.29, 0.717) is 5.76 Å². The van der Waals surface area contributed by atoms with Crippen molar-refractivity contribution < 1.29 is 4.74 Å². The van der Waals surface area contributed by atoms with Crippen LogP contribution >= 0.6 is 0 Å². The average Bonchev–Trinajstić information content (AvgIpc) is 2.23. The van der Waals surface area contributed by atoms with E-state index in [1.165, 1.54) is 0 Å². The third-order valence-corrected chi connectivity index (χ3v) is 2.17. The molecule has 0 bridgehead atoms. The van der Waals surface area contributed by atoms with Gasteiger partial charge in [0.1, 0.15) is 5.76 Å². The molecule has 0 saturated carbocycles. The normalized spacial score (nSPS) is 11.6. The Morgan fingerprint density at radius 1 is 1.36 bits per heavy atom. The summed E-state index contributed by atoms with van der Waals surface area (Å²) in [5, 5.41) is 0. The van der Waals surface area contributed by atoms with E-state index in [4.69, 9.17) is 4.74 Å². The fourth-order valence-corrected chi connectivity index (χ4v) is 1.14. The van der Waals surface area contributed by atoms with Crippen LogP contribution in [0, 0.1) is 0 Å². The highest BCUT2D eigenvalue weighted by molar-refractivity contribution is 5.25. The summed E-state index contributed by atoms with van der Waals surface area (Å²) in [5.74, 6) is 0.673. The molecule has 0 aliphatic rings. The van der Waals surface area contributed by atoms with E-state index in [9.17, 15) is 0 Å². The van der Waals surface area contributed by atoms with Gasteiger partial charge < -0.3 is 4.74 Å². The Morgan fingerprint density at radius 3 is 2.29 bits per heavy atom. The fraction of sp³-hybridized carbons (Fsp3) is 0.500. The number of hydrogen-bond acceptors (Lipinski definition) is 2. The van der Waals surface area contributed by atoms with E-state index in [2.05, 4.69) is 31.9 Å². The Hall–Kier alpha value is -1.02. The molecule has 0 aliphatic carbocycles. The minimum Gasteiger partial charge on any atom is -0.497 e. The molecule has 2 heteroatoms. The maximum absolute atomic E-state index is 4.99. The minimum absolute atomic E-state index is 0.673. The molecule has 0 aliphatic heterocycles. The molecular weight excluding hydrogens is 174 g/mol. The van der Waals surface area contributed by atoms with Crippen LogP contribution in [0.25, 0.3) is 0 Å². The van der Waals surface area contributed by atoms with Crippen molar-refractivity contribution in [3.63, 3.8) is 0 Å². The number of likely N-dealkylation sites (N-methyl/N-ethyl adjacent to an activating group) is 1. The molecule has 0 heterocycles. The topological polar surface area (TPSA) is 12.5 Å². The number of methoxy groups -OCH3 is 1. The second-order valence-electron chi connectivity index (χ2n) is 3.06. The number of nitrogens with zero attached hydrogens (tertiary/aromatic N) is 1. The molecule has 0 aromatic heterocycles. The molecule has 0 fully saturated rings. The molecular formula is C12H21NO. The van der Waals surface area contributed by atoms with Crippen molar-refractivity contribution in [3.8, 4) is 0 Å². The van der Waals surface area contributed by atoms with Crippen molar-refractivity contribution in [1.29, 1.82) is 0 Å². The highest BCUT2D eigenvalue weighted by Gasteiger charge is 2.01. The van der Waals surface area contributed by atoms with Crippen molar-refractivity contribution >= 4 is 0 Å². The van der Waals surface area contributed by atoms with Gasteiger partial charge in [-0.15, -0.1) is 0 Å². The lowest BCUT2D eigenvalue weighted by Crippen LogP contribution is -2.24. The van der Waals surface area contributed by atoms with Gasteiger partial charge in [-0.2, -0.15) is 0 Å². The van der Waals surface area contributed by atoms with Crippen molar-refractivity contribution in [2.24, 2.45) is 0 Å². The van der Waals surface area contributed by atoms with Gasteiger partial charge in [-0.05, 0) is 24.7 Å². The first-order valence-corrected chi connectivity index (χ1v) is 4.96. The van der Waals surface area contributed by atoms with E-state index in [1.807, 2.05) is 12.2 Å². The SMILES string of the molecule is C=C/C(=C\C(=C)OC)CN(CC)CC. The monoisotopic (exact) mass is 195 g/mol. The summed E-state index contributed by atoms with van der Waals surface area (Å²) >= 11 is 0. The summed E-state index contributed by atoms with van der Waals surface area (Å²) < 4.78 is 4.99. The summed E-state index contributed by atoms with van der Waals surface area (Å²) in [6.45, 7) is 14.8. The standard InChI is InChI=1S/C12H21NO/c1-6-12(9-11(4)14-5)10-13(7-2)8-3/h6,9H,1,4,7-8,10H2,2-3,5H3/b12-9+. The molecule has 0 aromatic carbocycles. The first-order chi connectivity index (χ1) is 6.67. The van der Waals surface area contributed by atoms with Crippen LogP contribution in [-0.2, 0) is 4.74 Å². The van der Waals surface area contributed by atoms with E-state index < -0.39 is 0 Å². The lowest BCUT2D eigenvalue weighted by Gasteiger charge is -2.18. The van der Waals surface area contributed by atoms with Gasteiger partial charge in [0, 0.05) is 6.54 Å². The predicted octanol–water partition coefficient (Wildman–Crippen LogP) is 2.60. The van der Waals surface area contributed by atoms with E-state index in [1.54, 1.807) is 7.11 Å². The van der Waals surface area contributed by atoms with Crippen LogP contribution in [0.4, 0.5) is 0 Å². The largest absolute Gasteiger partial charge is 0.497 e. The molecule has 0 rings (SSSR count). The van der Waals surface area contributed by atoms with Crippen LogP contribution < -0.4 is 0 Å². The lowest BCUT2D eigenvalue weighted by molar-refractivity contribution is 0.305. The molecule has 2 nitrogen and oxygen atoms in total. The van der Waals surface area contributed by atoms with Gasteiger partial charge in [-0.3, -0.25) is 4.90 Å². The van der Waals surface area contributed by atoms with E-state index in [0.717, 1.165) is 25.2 Å². The highest BCUT2D eigenvalue weighted by atomic mass is 16.5. The Labute approximate surface area is 87.6 Å². The Balaban J connectivity index is 4.34. The summed E-state index contributed by atoms with van der Waals surface area (Å²) in [5.41, 5.74) is 1.14. The maximum Gasteiger partial charge on any atom is 0.112 e. The molecule has 14 heavy (non-hydrogen) atoms. The second-order valence-corrected chi connectivity index (χ2v) is 3.06. The zero-order valence-electron chi connectivity index (χ0n) is 9.55. The van der Waals surface area contributed by atoms with Crippen molar-refractivity contribution in [2.45, 2.75) is 13.8 Å². The van der Waals surface area contributed by atoms with E-state index in [-0.39, 0.29) is 0 Å². The zero-order chi connectivity index (χ0) is 11.0. The molecule has 0 radical (unpaired) electrons.